The molecule has 0 aliphatic carbocycles. The number of hydrogen-bond acceptors (Lipinski definition) is 6. The second-order valence-electron chi connectivity index (χ2n) is 7.45. The number of H-pyrrole nitrogens is 1. The number of imidazole rings is 1. The van der Waals surface area contributed by atoms with Crippen LogP contribution in [-0.4, -0.2) is 28.5 Å². The maximum absolute atomic E-state index is 13.1. The largest absolute Gasteiger partial charge is 0.346 e. The molecule has 1 atom stereocenters. The van der Waals surface area contributed by atoms with Crippen molar-refractivity contribution in [3.63, 3.8) is 0 Å². The molecular formula is C23H19N5O3S2. The van der Waals surface area contributed by atoms with Gasteiger partial charge in [0.15, 0.2) is 5.82 Å². The molecule has 0 amide bonds. The van der Waals surface area contributed by atoms with Crippen LogP contribution in [0.15, 0.2) is 85.6 Å². The van der Waals surface area contributed by atoms with Gasteiger partial charge in [-0.05, 0) is 24.4 Å². The van der Waals surface area contributed by atoms with Crippen molar-refractivity contribution in [1.82, 2.24) is 19.7 Å². The summed E-state index contributed by atoms with van der Waals surface area (Å²) >= 11 is 1.14. The third-order valence-electron chi connectivity index (χ3n) is 5.09. The number of benzene rings is 2. The molecule has 0 radical (unpaired) electrons. The van der Waals surface area contributed by atoms with Crippen LogP contribution < -0.4 is 5.56 Å². The maximum atomic E-state index is 13.1. The van der Waals surface area contributed by atoms with E-state index in [4.69, 9.17) is 0 Å². The van der Waals surface area contributed by atoms with E-state index in [2.05, 4.69) is 19.4 Å². The Kier molecular flexibility index (Phi) is 5.41. The lowest BCUT2D eigenvalue weighted by Crippen LogP contribution is -2.24. The van der Waals surface area contributed by atoms with E-state index in [1.807, 2.05) is 31.2 Å². The SMILES string of the molecule is Cc1ccc(-c2c[nH]c(Cn3nc(N=S(=O)(O)c4cccs4)c4ccccc4c3=O)n2)cc1. The predicted molar refractivity (Wildman–Crippen MR) is 129 cm³/mol. The molecule has 33 heavy (non-hydrogen) atoms. The molecule has 5 rings (SSSR count). The fourth-order valence-electron chi connectivity index (χ4n) is 3.43. The van der Waals surface area contributed by atoms with E-state index in [1.54, 1.807) is 48.0 Å². The van der Waals surface area contributed by atoms with E-state index in [1.165, 1.54) is 4.68 Å². The zero-order valence-electron chi connectivity index (χ0n) is 17.5. The average molecular weight is 478 g/mol. The van der Waals surface area contributed by atoms with Crippen molar-refractivity contribution < 1.29 is 8.76 Å². The van der Waals surface area contributed by atoms with Gasteiger partial charge in [0.05, 0.1) is 11.1 Å². The van der Waals surface area contributed by atoms with Gasteiger partial charge >= 0.3 is 0 Å². The van der Waals surface area contributed by atoms with Crippen LogP contribution in [0.2, 0.25) is 0 Å². The lowest BCUT2D eigenvalue weighted by molar-refractivity contribution is 0.553. The third kappa shape index (κ3) is 4.23. The summed E-state index contributed by atoms with van der Waals surface area (Å²) in [5, 5.41) is 6.80. The quantitative estimate of drug-likeness (QED) is 0.376. The highest BCUT2D eigenvalue weighted by Crippen LogP contribution is 2.26. The van der Waals surface area contributed by atoms with E-state index in [0.29, 0.717) is 16.6 Å². The molecule has 0 aliphatic heterocycles. The first-order valence-corrected chi connectivity index (χ1v) is 12.4. The summed E-state index contributed by atoms with van der Waals surface area (Å²) in [5.41, 5.74) is 2.52. The van der Waals surface area contributed by atoms with Crippen LogP contribution in [0.25, 0.3) is 22.0 Å². The molecule has 0 spiro atoms. The second kappa shape index (κ2) is 8.39. The molecule has 0 fully saturated rings. The number of nitrogens with one attached hydrogen (secondary N) is 1. The van der Waals surface area contributed by atoms with Crippen LogP contribution in [-0.2, 0) is 16.6 Å². The summed E-state index contributed by atoms with van der Waals surface area (Å²) in [6.07, 6.45) is 1.77. The van der Waals surface area contributed by atoms with Crippen molar-refractivity contribution in [2.45, 2.75) is 17.7 Å². The van der Waals surface area contributed by atoms with E-state index in [9.17, 15) is 13.6 Å². The zero-order valence-corrected chi connectivity index (χ0v) is 19.1. The summed E-state index contributed by atoms with van der Waals surface area (Å²) < 4.78 is 28.9. The number of aromatic nitrogens is 4. The highest BCUT2D eigenvalue weighted by molar-refractivity contribution is 7.90. The smallest absolute Gasteiger partial charge is 0.275 e. The minimum absolute atomic E-state index is 0.0245. The van der Waals surface area contributed by atoms with Gasteiger partial charge in [-0.3, -0.25) is 9.35 Å². The number of nitrogens with zero attached hydrogens (tertiary/aromatic N) is 4. The first kappa shape index (κ1) is 21.3. The summed E-state index contributed by atoms with van der Waals surface area (Å²) in [6, 6.07) is 18.0. The first-order chi connectivity index (χ1) is 15.9. The van der Waals surface area contributed by atoms with E-state index >= 15 is 0 Å². The normalized spacial score (nSPS) is 13.2. The van der Waals surface area contributed by atoms with Gasteiger partial charge in [-0.1, -0.05) is 54.1 Å². The van der Waals surface area contributed by atoms with Crippen molar-refractivity contribution >= 4 is 37.9 Å². The van der Waals surface area contributed by atoms with Gasteiger partial charge in [0.2, 0.25) is 10.0 Å². The van der Waals surface area contributed by atoms with E-state index < -0.39 is 10.0 Å². The molecular weight excluding hydrogens is 458 g/mol. The summed E-state index contributed by atoms with van der Waals surface area (Å²) in [4.78, 5) is 20.7. The Morgan fingerprint density at radius 3 is 2.58 bits per heavy atom. The molecule has 3 aromatic heterocycles. The molecule has 3 heterocycles. The van der Waals surface area contributed by atoms with Crippen LogP contribution >= 0.6 is 11.3 Å². The monoisotopic (exact) mass is 477 g/mol. The molecule has 2 aromatic carbocycles. The minimum atomic E-state index is -3.71. The van der Waals surface area contributed by atoms with E-state index in [0.717, 1.165) is 28.2 Å². The fraction of sp³-hybridized carbons (Fsp3) is 0.0870. The maximum Gasteiger partial charge on any atom is 0.275 e. The number of hydrogen-bond donors (Lipinski definition) is 2. The third-order valence-corrected chi connectivity index (χ3v) is 7.78. The zero-order chi connectivity index (χ0) is 23.0. The minimum Gasteiger partial charge on any atom is -0.346 e. The Balaban J connectivity index is 1.59. The number of fused-ring (bicyclic) bond motifs is 1. The van der Waals surface area contributed by atoms with Crippen LogP contribution in [0.4, 0.5) is 5.82 Å². The Morgan fingerprint density at radius 1 is 1.09 bits per heavy atom. The van der Waals surface area contributed by atoms with E-state index in [-0.39, 0.29) is 22.1 Å². The fourth-order valence-corrected chi connectivity index (χ4v) is 5.37. The molecule has 0 bridgehead atoms. The standard InChI is InChI=1S/C23H19N5O3S2/c1-15-8-10-16(11-9-15)19-13-24-20(25-19)14-28-23(29)18-6-3-2-5-17(18)22(26-28)27-33(30,31)21-7-4-12-32-21/h2-13H,14H2,1H3,(H,24,25)(H,26,27,30,31). The van der Waals surface area contributed by atoms with Gasteiger partial charge in [0.25, 0.3) is 5.56 Å². The summed E-state index contributed by atoms with van der Waals surface area (Å²) in [7, 11) is -3.71. The number of aromatic amines is 1. The van der Waals surface area contributed by atoms with Gasteiger partial charge in [-0.2, -0.15) is 0 Å². The van der Waals surface area contributed by atoms with Crippen molar-refractivity contribution in [3.8, 4) is 11.3 Å². The van der Waals surface area contributed by atoms with Crippen LogP contribution in [0, 0.1) is 6.92 Å². The van der Waals surface area contributed by atoms with Gasteiger partial charge in [0.1, 0.15) is 16.6 Å². The predicted octanol–water partition coefficient (Wildman–Crippen LogP) is 4.84. The van der Waals surface area contributed by atoms with Crippen LogP contribution in [0.5, 0.6) is 0 Å². The van der Waals surface area contributed by atoms with Crippen molar-refractivity contribution in [2.24, 2.45) is 4.36 Å². The lowest BCUT2D eigenvalue weighted by Gasteiger charge is -2.08. The van der Waals surface area contributed by atoms with Crippen LogP contribution in [0.3, 0.4) is 0 Å². The second-order valence-corrected chi connectivity index (χ2v) is 10.3. The molecule has 166 valence electrons. The number of rotatable bonds is 5. The van der Waals surface area contributed by atoms with Gasteiger partial charge in [-0.15, -0.1) is 20.8 Å². The first-order valence-electron chi connectivity index (χ1n) is 10.0. The Bertz CT molecular complexity index is 1630. The molecule has 2 N–H and O–H groups in total. The Hall–Kier alpha value is -3.60. The Morgan fingerprint density at radius 2 is 1.85 bits per heavy atom. The van der Waals surface area contributed by atoms with Gasteiger partial charge < -0.3 is 4.98 Å². The average Bonchev–Trinajstić information content (AvgIpc) is 3.50. The molecule has 10 heteroatoms. The van der Waals surface area contributed by atoms with Crippen LogP contribution in [0.1, 0.15) is 11.4 Å². The molecule has 1 unspecified atom stereocenters. The highest BCUT2D eigenvalue weighted by Gasteiger charge is 2.16. The lowest BCUT2D eigenvalue weighted by atomic mass is 10.1. The molecule has 0 saturated heterocycles. The molecule has 8 nitrogen and oxygen atoms in total. The molecule has 0 saturated carbocycles. The topological polar surface area (TPSA) is 113 Å². The molecule has 5 aromatic rings. The summed E-state index contributed by atoms with van der Waals surface area (Å²) in [5.74, 6) is 0.556. The molecule has 0 aliphatic rings. The Labute approximate surface area is 193 Å². The number of thiophene rings is 1. The highest BCUT2D eigenvalue weighted by atomic mass is 32.3. The summed E-state index contributed by atoms with van der Waals surface area (Å²) in [6.45, 7) is 2.08. The van der Waals surface area contributed by atoms with Gasteiger partial charge in [0, 0.05) is 17.1 Å². The van der Waals surface area contributed by atoms with Crippen molar-refractivity contribution in [2.75, 3.05) is 0 Å². The van der Waals surface area contributed by atoms with Gasteiger partial charge in [-0.25, -0.2) is 13.9 Å². The van der Waals surface area contributed by atoms with Crippen molar-refractivity contribution in [1.29, 1.82) is 0 Å². The van der Waals surface area contributed by atoms with Crippen molar-refractivity contribution in [3.05, 3.63) is 94.0 Å². The number of aryl methyl sites for hydroxylation is 1.